The molecule has 2 nitrogen and oxygen atoms in total. The van der Waals surface area contributed by atoms with E-state index in [2.05, 4.69) is 170 Å². The molecule has 10 rings (SSSR count). The zero-order valence-corrected chi connectivity index (χ0v) is 31.0. The first-order valence-corrected chi connectivity index (χ1v) is 19.5. The number of para-hydroxylation sites is 2. The van der Waals surface area contributed by atoms with Gasteiger partial charge in [0, 0.05) is 49.2 Å². The van der Waals surface area contributed by atoms with Gasteiger partial charge in [0.1, 0.15) is 0 Å². The molecule has 2 atom stereocenters. The average Bonchev–Trinajstić information content (AvgIpc) is 3.91. The van der Waals surface area contributed by atoms with Gasteiger partial charge in [0.05, 0.1) is 11.6 Å². The molecule has 0 saturated heterocycles. The number of allylic oxidation sites excluding steroid dienone is 8. The third-order valence-corrected chi connectivity index (χ3v) is 13.0. The van der Waals surface area contributed by atoms with E-state index in [1.165, 1.54) is 87.5 Å². The van der Waals surface area contributed by atoms with Gasteiger partial charge in [-0.05, 0) is 125 Å². The second kappa shape index (κ2) is 12.4. The van der Waals surface area contributed by atoms with Crippen molar-refractivity contribution in [1.29, 1.82) is 0 Å². The van der Waals surface area contributed by atoms with Crippen LogP contribution >= 0.6 is 11.3 Å². The summed E-state index contributed by atoms with van der Waals surface area (Å²) in [6.45, 7) is 12.8. The summed E-state index contributed by atoms with van der Waals surface area (Å²) in [5.41, 5.74) is 18.0. The van der Waals surface area contributed by atoms with Gasteiger partial charge in [-0.2, -0.15) is 0 Å². The first-order valence-electron chi connectivity index (χ1n) is 18.6. The molecule has 4 aromatic carbocycles. The lowest BCUT2D eigenvalue weighted by Gasteiger charge is -2.28. The number of rotatable bonds is 7. The Morgan fingerprint density at radius 3 is 2.55 bits per heavy atom. The molecule has 0 spiro atoms. The van der Waals surface area contributed by atoms with Gasteiger partial charge in [-0.25, -0.2) is 0 Å². The second-order valence-corrected chi connectivity index (χ2v) is 15.5. The minimum Gasteiger partial charge on any atom is -0.332 e. The number of nitrogens with zero attached hydrogens (tertiary/aromatic N) is 2. The van der Waals surface area contributed by atoms with Crippen LogP contribution in [0.15, 0.2) is 164 Å². The predicted octanol–water partition coefficient (Wildman–Crippen LogP) is 13.2. The molecule has 0 N–H and O–H groups in total. The van der Waals surface area contributed by atoms with E-state index in [4.69, 9.17) is 0 Å². The number of aromatic nitrogens is 1. The van der Waals surface area contributed by atoms with Crippen LogP contribution in [0, 0.1) is 6.92 Å². The summed E-state index contributed by atoms with van der Waals surface area (Å²) in [6.07, 6.45) is 22.3. The first-order chi connectivity index (χ1) is 26.1. The van der Waals surface area contributed by atoms with Gasteiger partial charge in [0.2, 0.25) is 0 Å². The predicted molar refractivity (Wildman–Crippen MR) is 229 cm³/mol. The van der Waals surface area contributed by atoms with Crippen molar-refractivity contribution in [2.24, 2.45) is 0 Å². The number of benzene rings is 4. The van der Waals surface area contributed by atoms with Crippen LogP contribution < -0.4 is 4.90 Å². The highest BCUT2D eigenvalue weighted by Crippen LogP contribution is 2.55. The third-order valence-electron chi connectivity index (χ3n) is 11.8. The zero-order chi connectivity index (χ0) is 35.8. The summed E-state index contributed by atoms with van der Waals surface area (Å²) in [4.78, 5) is 3.93. The fraction of sp³-hybridized carbons (Fsp3) is 0.120. The fourth-order valence-electron chi connectivity index (χ4n) is 9.30. The maximum absolute atomic E-state index is 4.31. The van der Waals surface area contributed by atoms with E-state index in [-0.39, 0.29) is 0 Å². The maximum Gasteiger partial charge on any atom is 0.0699 e. The lowest BCUT2D eigenvalue weighted by molar-refractivity contribution is 0.729. The number of anilines is 1. The molecule has 53 heavy (non-hydrogen) atoms. The van der Waals surface area contributed by atoms with Crippen LogP contribution in [0.3, 0.4) is 0 Å². The lowest BCUT2D eigenvalue weighted by Crippen LogP contribution is -2.30. The molecule has 0 bridgehead atoms. The highest BCUT2D eigenvalue weighted by atomic mass is 32.1. The van der Waals surface area contributed by atoms with Gasteiger partial charge >= 0.3 is 0 Å². The summed E-state index contributed by atoms with van der Waals surface area (Å²) < 4.78 is 3.77. The quantitative estimate of drug-likeness (QED) is 0.151. The number of hydrogen-bond acceptors (Lipinski definition) is 2. The summed E-state index contributed by atoms with van der Waals surface area (Å²) in [5, 5.41) is 2.63. The molecule has 0 radical (unpaired) electrons. The molecule has 4 heterocycles. The van der Waals surface area contributed by atoms with Crippen LogP contribution in [0.1, 0.15) is 57.7 Å². The van der Waals surface area contributed by atoms with Crippen molar-refractivity contribution < 1.29 is 0 Å². The Hall–Kier alpha value is -5.90. The Morgan fingerprint density at radius 2 is 1.70 bits per heavy atom. The highest BCUT2D eigenvalue weighted by Gasteiger charge is 2.47. The van der Waals surface area contributed by atoms with Crippen molar-refractivity contribution in [2.75, 3.05) is 4.90 Å². The summed E-state index contributed by atoms with van der Waals surface area (Å²) in [5.74, 6) is 0.302. The maximum atomic E-state index is 4.31. The minimum absolute atomic E-state index is 0.301. The van der Waals surface area contributed by atoms with Crippen molar-refractivity contribution in [2.45, 2.75) is 38.6 Å². The topological polar surface area (TPSA) is 8.17 Å². The molecule has 0 saturated carbocycles. The zero-order valence-electron chi connectivity index (χ0n) is 30.1. The molecule has 0 fully saturated rings. The highest BCUT2D eigenvalue weighted by molar-refractivity contribution is 7.20. The molecule has 6 aromatic rings. The summed E-state index contributed by atoms with van der Waals surface area (Å²) in [6, 6.07) is 33.9. The molecule has 2 aliphatic carbocycles. The number of thiophene rings is 1. The molecular weight excluding hydrogens is 661 g/mol. The largest absolute Gasteiger partial charge is 0.332 e. The van der Waals surface area contributed by atoms with Crippen LogP contribution in [0.5, 0.6) is 0 Å². The van der Waals surface area contributed by atoms with Gasteiger partial charge in [-0.15, -0.1) is 11.3 Å². The molecule has 4 aliphatic rings. The van der Waals surface area contributed by atoms with Crippen LogP contribution in [-0.2, 0) is 6.42 Å². The van der Waals surface area contributed by atoms with E-state index in [0.29, 0.717) is 12.0 Å². The van der Waals surface area contributed by atoms with Crippen LogP contribution in [0.25, 0.3) is 50.0 Å². The Bertz CT molecular complexity index is 2730. The van der Waals surface area contributed by atoms with Crippen LogP contribution in [0.4, 0.5) is 5.69 Å². The van der Waals surface area contributed by atoms with Crippen molar-refractivity contribution in [3.63, 3.8) is 0 Å². The second-order valence-electron chi connectivity index (χ2n) is 14.5. The van der Waals surface area contributed by atoms with Crippen molar-refractivity contribution in [3.05, 3.63) is 202 Å². The SMILES string of the molecule is C=C/C=C\C1=C(C)C2=CC(c3ccc(-n4c(C)c(/C=C(\C=C)c5cccc6c7c(sc56)C=CCC7)c5ccccc54)cc3)=CC3c4ccccc4N1C23. The van der Waals surface area contributed by atoms with Gasteiger partial charge in [0.25, 0.3) is 0 Å². The lowest BCUT2D eigenvalue weighted by atomic mass is 9.81. The van der Waals surface area contributed by atoms with Crippen molar-refractivity contribution >= 4 is 61.3 Å². The molecule has 0 amide bonds. The normalized spacial score (nSPS) is 18.8. The van der Waals surface area contributed by atoms with Gasteiger partial charge in [-0.1, -0.05) is 110 Å². The molecule has 2 aliphatic heterocycles. The van der Waals surface area contributed by atoms with E-state index in [1.54, 1.807) is 0 Å². The van der Waals surface area contributed by atoms with Crippen molar-refractivity contribution in [1.82, 2.24) is 4.57 Å². The molecule has 2 aromatic heterocycles. The minimum atomic E-state index is 0.301. The Kier molecular flexibility index (Phi) is 7.42. The van der Waals surface area contributed by atoms with Gasteiger partial charge < -0.3 is 9.47 Å². The van der Waals surface area contributed by atoms with E-state index in [1.807, 2.05) is 23.5 Å². The third kappa shape index (κ3) is 4.77. The molecule has 3 heteroatoms. The summed E-state index contributed by atoms with van der Waals surface area (Å²) in [7, 11) is 0. The number of fused-ring (bicyclic) bond motifs is 7. The Balaban J connectivity index is 1.05. The Labute approximate surface area is 315 Å². The van der Waals surface area contributed by atoms with Crippen molar-refractivity contribution in [3.8, 4) is 5.69 Å². The van der Waals surface area contributed by atoms with Gasteiger partial charge in [0.15, 0.2) is 0 Å². The molecule has 2 unspecified atom stereocenters. The van der Waals surface area contributed by atoms with E-state index in [9.17, 15) is 0 Å². The number of hydrogen-bond donors (Lipinski definition) is 0. The van der Waals surface area contributed by atoms with E-state index >= 15 is 0 Å². The Morgan fingerprint density at radius 1 is 0.887 bits per heavy atom. The number of aryl methyl sites for hydroxylation is 1. The average molecular weight is 701 g/mol. The first kappa shape index (κ1) is 31.8. The molecular formula is C50H40N2S. The van der Waals surface area contributed by atoms with Gasteiger partial charge in [-0.3, -0.25) is 0 Å². The smallest absolute Gasteiger partial charge is 0.0699 e. The molecule has 256 valence electrons. The standard InChI is InChI=1S/C50H40N2S/c1-5-7-20-45-31(3)42-29-35(30-44-39-16-9-12-22-47(39)52(45)49(42)44)34-24-26-36(27-25-34)51-32(4)43(38-15-8-11-21-46(38)51)28-33(6-2)37-18-14-19-41-40-17-10-13-23-48(40)53-50(37)41/h5-9,11-16,18-30,44,49H,1-2,10,17H2,3-4H3/b20-7-,33-28+. The van der Waals surface area contributed by atoms with Crippen LogP contribution in [0.2, 0.25) is 0 Å². The fourth-order valence-corrected chi connectivity index (χ4v) is 10.6. The van der Waals surface area contributed by atoms with E-state index in [0.717, 1.165) is 24.1 Å². The monoisotopic (exact) mass is 700 g/mol. The van der Waals surface area contributed by atoms with E-state index < -0.39 is 0 Å². The van der Waals surface area contributed by atoms with Crippen LogP contribution in [-0.4, -0.2) is 10.6 Å². The summed E-state index contributed by atoms with van der Waals surface area (Å²) >= 11 is 1.91.